The minimum Gasteiger partial charge on any atom is -0.356 e. The van der Waals surface area contributed by atoms with Crippen molar-refractivity contribution in [1.29, 1.82) is 0 Å². The summed E-state index contributed by atoms with van der Waals surface area (Å²) in [5, 5.41) is 11.2. The zero-order valence-corrected chi connectivity index (χ0v) is 18.4. The molecule has 0 spiro atoms. The molecule has 2 heterocycles. The summed E-state index contributed by atoms with van der Waals surface area (Å²) in [5.41, 5.74) is 1.36. The fourth-order valence-corrected chi connectivity index (χ4v) is 5.16. The van der Waals surface area contributed by atoms with Crippen LogP contribution in [0.4, 0.5) is 0 Å². The number of carbonyl (C=O) groups excluding carboxylic acids is 1. The molecule has 1 aromatic carbocycles. The summed E-state index contributed by atoms with van der Waals surface area (Å²) >= 11 is 0. The van der Waals surface area contributed by atoms with Crippen LogP contribution < -0.4 is 5.32 Å². The summed E-state index contributed by atoms with van der Waals surface area (Å²) < 4.78 is 29.6. The predicted molar refractivity (Wildman–Crippen MR) is 112 cm³/mol. The Balaban J connectivity index is 1.75. The molecular weight excluding hydrogens is 390 g/mol. The first-order valence-electron chi connectivity index (χ1n) is 10.3. The topological polar surface area (TPSA) is 97.2 Å². The number of nitrogens with one attached hydrogen (secondary N) is 1. The van der Waals surface area contributed by atoms with Crippen LogP contribution in [-0.2, 0) is 14.8 Å². The summed E-state index contributed by atoms with van der Waals surface area (Å²) in [6.45, 7) is 9.48. The van der Waals surface area contributed by atoms with Crippen molar-refractivity contribution in [3.63, 3.8) is 0 Å². The van der Waals surface area contributed by atoms with E-state index in [1.54, 1.807) is 22.9 Å². The van der Waals surface area contributed by atoms with Crippen LogP contribution in [0, 0.1) is 11.8 Å². The molecule has 0 radical (unpaired) electrons. The van der Waals surface area contributed by atoms with Gasteiger partial charge in [0, 0.05) is 25.7 Å². The van der Waals surface area contributed by atoms with Gasteiger partial charge in [-0.3, -0.25) is 4.79 Å². The highest BCUT2D eigenvalue weighted by Gasteiger charge is 2.33. The van der Waals surface area contributed by atoms with Gasteiger partial charge in [0.15, 0.2) is 0 Å². The SMILES string of the molecule is CC(C)CCNC(=O)C1CCCN(S(=O)(=O)c2ccc3c(c2)nnn3C(C)C)C1. The number of piperidine rings is 1. The van der Waals surface area contributed by atoms with Crippen molar-refractivity contribution in [2.24, 2.45) is 11.8 Å². The zero-order valence-electron chi connectivity index (χ0n) is 17.6. The first-order valence-corrected chi connectivity index (χ1v) is 11.8. The maximum absolute atomic E-state index is 13.2. The van der Waals surface area contributed by atoms with E-state index in [4.69, 9.17) is 0 Å². The summed E-state index contributed by atoms with van der Waals surface area (Å²) in [7, 11) is -3.69. The van der Waals surface area contributed by atoms with E-state index in [1.165, 1.54) is 4.31 Å². The number of amides is 1. The van der Waals surface area contributed by atoms with Crippen LogP contribution in [0.1, 0.15) is 53.0 Å². The van der Waals surface area contributed by atoms with Crippen molar-refractivity contribution in [3.05, 3.63) is 18.2 Å². The van der Waals surface area contributed by atoms with E-state index in [2.05, 4.69) is 29.5 Å². The minimum atomic E-state index is -3.69. The van der Waals surface area contributed by atoms with Gasteiger partial charge in [-0.15, -0.1) is 5.10 Å². The molecule has 0 bridgehead atoms. The standard InChI is InChI=1S/C20H31N5O3S/c1-14(2)9-10-21-20(26)16-6-5-11-24(13-16)29(27,28)17-7-8-19-18(12-17)22-23-25(19)15(3)4/h7-8,12,14-16H,5-6,9-11,13H2,1-4H3,(H,21,26). The largest absolute Gasteiger partial charge is 0.356 e. The second-order valence-electron chi connectivity index (χ2n) is 8.45. The molecule has 0 aliphatic carbocycles. The third-order valence-electron chi connectivity index (χ3n) is 5.35. The molecule has 8 nitrogen and oxygen atoms in total. The molecule has 1 saturated heterocycles. The molecule has 1 atom stereocenters. The average Bonchev–Trinajstić information content (AvgIpc) is 3.11. The molecule has 1 aliphatic rings. The lowest BCUT2D eigenvalue weighted by molar-refractivity contribution is -0.126. The first-order chi connectivity index (χ1) is 13.7. The van der Waals surface area contributed by atoms with Gasteiger partial charge in [0.1, 0.15) is 5.52 Å². The lowest BCUT2D eigenvalue weighted by Crippen LogP contribution is -2.45. The zero-order chi connectivity index (χ0) is 21.2. The first kappa shape index (κ1) is 21.7. The molecule has 1 aliphatic heterocycles. The third-order valence-corrected chi connectivity index (χ3v) is 7.21. The number of benzene rings is 1. The number of sulfonamides is 1. The smallest absolute Gasteiger partial charge is 0.243 e. The molecule has 1 fully saturated rings. The van der Waals surface area contributed by atoms with Crippen molar-refractivity contribution in [2.45, 2.75) is 57.9 Å². The van der Waals surface area contributed by atoms with Crippen LogP contribution >= 0.6 is 0 Å². The van der Waals surface area contributed by atoms with Gasteiger partial charge in [-0.25, -0.2) is 13.1 Å². The van der Waals surface area contributed by atoms with E-state index < -0.39 is 10.0 Å². The van der Waals surface area contributed by atoms with Gasteiger partial charge in [0.25, 0.3) is 0 Å². The molecule has 2 aromatic rings. The highest BCUT2D eigenvalue weighted by molar-refractivity contribution is 7.89. The summed E-state index contributed by atoms with van der Waals surface area (Å²) in [5.74, 6) is 0.152. The van der Waals surface area contributed by atoms with Gasteiger partial charge in [-0.2, -0.15) is 4.31 Å². The Bertz CT molecular complexity index is 968. The number of hydrogen-bond donors (Lipinski definition) is 1. The van der Waals surface area contributed by atoms with Gasteiger partial charge in [0.05, 0.1) is 16.3 Å². The van der Waals surface area contributed by atoms with Crippen LogP contribution in [0.25, 0.3) is 11.0 Å². The van der Waals surface area contributed by atoms with Gasteiger partial charge < -0.3 is 5.32 Å². The number of aromatic nitrogens is 3. The number of nitrogens with zero attached hydrogens (tertiary/aromatic N) is 4. The average molecular weight is 422 g/mol. The van der Waals surface area contributed by atoms with E-state index in [9.17, 15) is 13.2 Å². The molecule has 1 unspecified atom stereocenters. The quantitative estimate of drug-likeness (QED) is 0.741. The van der Waals surface area contributed by atoms with E-state index in [0.717, 1.165) is 11.9 Å². The Labute approximate surface area is 172 Å². The summed E-state index contributed by atoms with van der Waals surface area (Å²) in [4.78, 5) is 12.7. The summed E-state index contributed by atoms with van der Waals surface area (Å²) in [6.07, 6.45) is 2.30. The Morgan fingerprint density at radius 3 is 2.72 bits per heavy atom. The molecule has 1 amide bonds. The summed E-state index contributed by atoms with van der Waals surface area (Å²) in [6, 6.07) is 5.07. The highest BCUT2D eigenvalue weighted by atomic mass is 32.2. The molecule has 9 heteroatoms. The lowest BCUT2D eigenvalue weighted by atomic mass is 9.98. The van der Waals surface area contributed by atoms with Gasteiger partial charge >= 0.3 is 0 Å². The lowest BCUT2D eigenvalue weighted by Gasteiger charge is -2.31. The van der Waals surface area contributed by atoms with Crippen molar-refractivity contribution >= 4 is 27.0 Å². The van der Waals surface area contributed by atoms with E-state index in [-0.39, 0.29) is 29.3 Å². The Hall–Kier alpha value is -2.00. The fourth-order valence-electron chi connectivity index (χ4n) is 3.62. The van der Waals surface area contributed by atoms with Gasteiger partial charge in [-0.1, -0.05) is 19.1 Å². The van der Waals surface area contributed by atoms with E-state index in [0.29, 0.717) is 37.4 Å². The molecule has 29 heavy (non-hydrogen) atoms. The second kappa shape index (κ2) is 8.79. The number of hydrogen-bond acceptors (Lipinski definition) is 5. The Kier molecular flexibility index (Phi) is 6.58. The number of rotatable bonds is 7. The molecular formula is C20H31N5O3S. The maximum atomic E-state index is 13.2. The van der Waals surface area contributed by atoms with Crippen LogP contribution in [-0.4, -0.2) is 53.3 Å². The van der Waals surface area contributed by atoms with Crippen LogP contribution in [0.3, 0.4) is 0 Å². The van der Waals surface area contributed by atoms with Crippen LogP contribution in [0.15, 0.2) is 23.1 Å². The second-order valence-corrected chi connectivity index (χ2v) is 10.4. The van der Waals surface area contributed by atoms with Crippen molar-refractivity contribution in [1.82, 2.24) is 24.6 Å². The third kappa shape index (κ3) is 4.78. The molecule has 1 N–H and O–H groups in total. The van der Waals surface area contributed by atoms with E-state index >= 15 is 0 Å². The molecule has 1 aromatic heterocycles. The van der Waals surface area contributed by atoms with E-state index in [1.807, 2.05) is 13.8 Å². The molecule has 3 rings (SSSR count). The Morgan fingerprint density at radius 2 is 2.03 bits per heavy atom. The monoisotopic (exact) mass is 421 g/mol. The van der Waals surface area contributed by atoms with Gasteiger partial charge in [-0.05, 0) is 57.2 Å². The highest BCUT2D eigenvalue weighted by Crippen LogP contribution is 2.26. The molecule has 0 saturated carbocycles. The number of carbonyl (C=O) groups is 1. The maximum Gasteiger partial charge on any atom is 0.243 e. The van der Waals surface area contributed by atoms with Crippen molar-refractivity contribution < 1.29 is 13.2 Å². The van der Waals surface area contributed by atoms with Crippen LogP contribution in [0.5, 0.6) is 0 Å². The predicted octanol–water partition coefficient (Wildman–Crippen LogP) is 2.58. The van der Waals surface area contributed by atoms with Crippen molar-refractivity contribution in [2.75, 3.05) is 19.6 Å². The fraction of sp³-hybridized carbons (Fsp3) is 0.650. The normalized spacial score (nSPS) is 18.6. The number of fused-ring (bicyclic) bond motifs is 1. The Morgan fingerprint density at radius 1 is 1.28 bits per heavy atom. The van der Waals surface area contributed by atoms with Crippen molar-refractivity contribution in [3.8, 4) is 0 Å². The minimum absolute atomic E-state index is 0.0547. The van der Waals surface area contributed by atoms with Crippen LogP contribution in [0.2, 0.25) is 0 Å². The van der Waals surface area contributed by atoms with Gasteiger partial charge in [0.2, 0.25) is 15.9 Å². The molecule has 160 valence electrons.